The molecule has 1 aliphatic heterocycles. The van der Waals surface area contributed by atoms with E-state index in [1.54, 1.807) is 12.1 Å². The molecular weight excluding hydrogens is 260 g/mol. The third-order valence-electron chi connectivity index (χ3n) is 3.79. The summed E-state index contributed by atoms with van der Waals surface area (Å²) in [5, 5.41) is 12.3. The molecule has 1 aliphatic rings. The predicted molar refractivity (Wildman–Crippen MR) is 72.2 cm³/mol. The zero-order valence-electron chi connectivity index (χ0n) is 11.6. The van der Waals surface area contributed by atoms with E-state index >= 15 is 0 Å². The molecular formula is C14H20N2O4. The normalized spacial score (nSPS) is 21.9. The van der Waals surface area contributed by atoms with Gasteiger partial charge in [-0.15, -0.1) is 0 Å². The molecule has 2 amide bonds. The van der Waals surface area contributed by atoms with Crippen molar-refractivity contribution in [3.8, 4) is 0 Å². The second-order valence-electron chi connectivity index (χ2n) is 5.08. The van der Waals surface area contributed by atoms with Gasteiger partial charge in [0.15, 0.2) is 0 Å². The Morgan fingerprint density at radius 2 is 2.35 bits per heavy atom. The van der Waals surface area contributed by atoms with Gasteiger partial charge in [-0.05, 0) is 31.4 Å². The number of rotatable bonds is 5. The van der Waals surface area contributed by atoms with Crippen molar-refractivity contribution in [1.82, 2.24) is 10.2 Å². The summed E-state index contributed by atoms with van der Waals surface area (Å²) in [6, 6.07) is 3.17. The maximum Gasteiger partial charge on any atom is 0.329 e. The van der Waals surface area contributed by atoms with E-state index in [4.69, 9.17) is 4.42 Å². The van der Waals surface area contributed by atoms with Crippen molar-refractivity contribution >= 4 is 12.0 Å². The van der Waals surface area contributed by atoms with Crippen molar-refractivity contribution < 1.29 is 19.1 Å². The molecule has 0 spiro atoms. The molecule has 1 fully saturated rings. The van der Waals surface area contributed by atoms with Gasteiger partial charge in [-0.3, -0.25) is 0 Å². The van der Waals surface area contributed by atoms with Gasteiger partial charge in [0.2, 0.25) is 0 Å². The van der Waals surface area contributed by atoms with Crippen LogP contribution in [0, 0.1) is 0 Å². The van der Waals surface area contributed by atoms with Crippen LogP contribution in [0.2, 0.25) is 0 Å². The monoisotopic (exact) mass is 280 g/mol. The molecule has 6 heteroatoms. The van der Waals surface area contributed by atoms with Crippen LogP contribution in [0.4, 0.5) is 4.79 Å². The number of aliphatic carboxylic acids is 1. The Morgan fingerprint density at radius 1 is 1.55 bits per heavy atom. The zero-order valence-corrected chi connectivity index (χ0v) is 11.6. The van der Waals surface area contributed by atoms with Gasteiger partial charge < -0.3 is 19.7 Å². The molecule has 2 heterocycles. The summed E-state index contributed by atoms with van der Waals surface area (Å²) in [4.78, 5) is 25.3. The van der Waals surface area contributed by atoms with Gasteiger partial charge in [-0.2, -0.15) is 0 Å². The van der Waals surface area contributed by atoms with Crippen molar-refractivity contribution in [3.05, 3.63) is 24.2 Å². The number of hydrogen-bond acceptors (Lipinski definition) is 3. The number of hydrogen-bond donors (Lipinski definition) is 2. The van der Waals surface area contributed by atoms with E-state index in [2.05, 4.69) is 5.32 Å². The van der Waals surface area contributed by atoms with E-state index in [0.29, 0.717) is 25.1 Å². The molecule has 2 N–H and O–H groups in total. The SMILES string of the molecule is CCCC1(C(=O)O)CCCN1C(=O)NCc1ccco1. The number of carboxylic acid groups (broad SMARTS) is 1. The fraction of sp³-hybridized carbons (Fsp3) is 0.571. The lowest BCUT2D eigenvalue weighted by Gasteiger charge is -2.34. The highest BCUT2D eigenvalue weighted by Crippen LogP contribution is 2.34. The summed E-state index contributed by atoms with van der Waals surface area (Å²) in [6.07, 6.45) is 3.99. The maximum atomic E-state index is 12.2. The number of carbonyl (C=O) groups is 2. The second kappa shape index (κ2) is 5.98. The first-order valence-electron chi connectivity index (χ1n) is 6.91. The van der Waals surface area contributed by atoms with Crippen LogP contribution in [0.25, 0.3) is 0 Å². The first kappa shape index (κ1) is 14.4. The molecule has 6 nitrogen and oxygen atoms in total. The molecule has 0 saturated carbocycles. The van der Waals surface area contributed by atoms with Crippen LogP contribution in [0.5, 0.6) is 0 Å². The number of carboxylic acids is 1. The minimum absolute atomic E-state index is 0.268. The quantitative estimate of drug-likeness (QED) is 0.866. The lowest BCUT2D eigenvalue weighted by molar-refractivity contribution is -0.148. The Hall–Kier alpha value is -1.98. The lowest BCUT2D eigenvalue weighted by atomic mass is 9.91. The molecule has 1 atom stereocenters. The summed E-state index contributed by atoms with van der Waals surface area (Å²) in [6.45, 7) is 2.68. The first-order valence-corrected chi connectivity index (χ1v) is 6.91. The van der Waals surface area contributed by atoms with E-state index < -0.39 is 11.5 Å². The summed E-state index contributed by atoms with van der Waals surface area (Å²) < 4.78 is 5.14. The maximum absolute atomic E-state index is 12.2. The van der Waals surface area contributed by atoms with Gasteiger partial charge in [0.1, 0.15) is 11.3 Å². The molecule has 0 aliphatic carbocycles. The van der Waals surface area contributed by atoms with E-state index in [1.165, 1.54) is 11.2 Å². The van der Waals surface area contributed by atoms with Crippen LogP contribution < -0.4 is 5.32 Å². The van der Waals surface area contributed by atoms with E-state index in [1.807, 2.05) is 6.92 Å². The summed E-state index contributed by atoms with van der Waals surface area (Å²) in [5.74, 6) is -0.265. The summed E-state index contributed by atoms with van der Waals surface area (Å²) in [5.41, 5.74) is -1.05. The molecule has 1 aromatic rings. The minimum Gasteiger partial charge on any atom is -0.479 e. The standard InChI is InChI=1S/C14H20N2O4/c1-2-6-14(12(17)18)7-4-8-16(14)13(19)15-10-11-5-3-9-20-11/h3,5,9H,2,4,6-8,10H2,1H3,(H,15,19)(H,17,18). The van der Waals surface area contributed by atoms with Gasteiger partial charge in [-0.25, -0.2) is 9.59 Å². The molecule has 1 unspecified atom stereocenters. The van der Waals surface area contributed by atoms with Crippen LogP contribution in [0.1, 0.15) is 38.4 Å². The Kier molecular flexibility index (Phi) is 4.32. The average Bonchev–Trinajstić information content (AvgIpc) is 3.06. The number of amides is 2. The van der Waals surface area contributed by atoms with Gasteiger partial charge in [0.25, 0.3) is 0 Å². The van der Waals surface area contributed by atoms with E-state index in [-0.39, 0.29) is 12.6 Å². The van der Waals surface area contributed by atoms with Crippen molar-refractivity contribution in [2.75, 3.05) is 6.54 Å². The molecule has 0 bridgehead atoms. The number of urea groups is 1. The number of likely N-dealkylation sites (tertiary alicyclic amines) is 1. The van der Waals surface area contributed by atoms with Crippen molar-refractivity contribution in [2.45, 2.75) is 44.7 Å². The highest BCUT2D eigenvalue weighted by Gasteiger charge is 2.49. The molecule has 1 aromatic heterocycles. The lowest BCUT2D eigenvalue weighted by Crippen LogP contribution is -2.55. The van der Waals surface area contributed by atoms with Crippen molar-refractivity contribution in [2.24, 2.45) is 0 Å². The molecule has 0 aromatic carbocycles. The number of nitrogens with one attached hydrogen (secondary N) is 1. The molecule has 1 saturated heterocycles. The van der Waals surface area contributed by atoms with Gasteiger partial charge in [0.05, 0.1) is 12.8 Å². The topological polar surface area (TPSA) is 82.8 Å². The van der Waals surface area contributed by atoms with E-state index in [9.17, 15) is 14.7 Å². The van der Waals surface area contributed by atoms with Crippen molar-refractivity contribution in [3.63, 3.8) is 0 Å². The minimum atomic E-state index is -1.05. The van der Waals surface area contributed by atoms with Crippen LogP contribution in [-0.4, -0.2) is 34.1 Å². The molecule has 0 radical (unpaired) electrons. The Balaban J connectivity index is 2.05. The highest BCUT2D eigenvalue weighted by atomic mass is 16.4. The number of carbonyl (C=O) groups excluding carboxylic acids is 1. The summed E-state index contributed by atoms with van der Waals surface area (Å²) >= 11 is 0. The predicted octanol–water partition coefficient (Wildman–Crippen LogP) is 2.21. The van der Waals surface area contributed by atoms with Crippen LogP contribution >= 0.6 is 0 Å². The van der Waals surface area contributed by atoms with Crippen LogP contribution in [-0.2, 0) is 11.3 Å². The fourth-order valence-electron chi connectivity index (χ4n) is 2.85. The van der Waals surface area contributed by atoms with E-state index in [0.717, 1.165) is 12.8 Å². The third kappa shape index (κ3) is 2.64. The molecule has 110 valence electrons. The Bertz CT molecular complexity index is 472. The number of nitrogens with zero attached hydrogens (tertiary/aromatic N) is 1. The average molecular weight is 280 g/mol. The summed E-state index contributed by atoms with van der Waals surface area (Å²) in [7, 11) is 0. The fourth-order valence-corrected chi connectivity index (χ4v) is 2.85. The second-order valence-corrected chi connectivity index (χ2v) is 5.08. The van der Waals surface area contributed by atoms with Gasteiger partial charge in [0, 0.05) is 6.54 Å². The van der Waals surface area contributed by atoms with Crippen LogP contribution in [0.3, 0.4) is 0 Å². The first-order chi connectivity index (χ1) is 9.60. The largest absolute Gasteiger partial charge is 0.479 e. The van der Waals surface area contributed by atoms with Crippen LogP contribution in [0.15, 0.2) is 22.8 Å². The zero-order chi connectivity index (χ0) is 14.6. The van der Waals surface area contributed by atoms with Crippen molar-refractivity contribution in [1.29, 1.82) is 0 Å². The number of furan rings is 1. The smallest absolute Gasteiger partial charge is 0.329 e. The molecule has 20 heavy (non-hydrogen) atoms. The molecule has 2 rings (SSSR count). The third-order valence-corrected chi connectivity index (χ3v) is 3.79. The Labute approximate surface area is 117 Å². The highest BCUT2D eigenvalue weighted by molar-refractivity contribution is 5.87. The van der Waals surface area contributed by atoms with Gasteiger partial charge in [-0.1, -0.05) is 13.3 Å². The Morgan fingerprint density at radius 3 is 2.95 bits per heavy atom. The van der Waals surface area contributed by atoms with Gasteiger partial charge >= 0.3 is 12.0 Å².